The number of halogens is 1. The van der Waals surface area contributed by atoms with Crippen molar-refractivity contribution >= 4 is 5.69 Å². The summed E-state index contributed by atoms with van der Waals surface area (Å²) in [6.45, 7) is 6.75. The molecule has 3 N–H and O–H groups in total. The molecule has 1 atom stereocenters. The van der Waals surface area contributed by atoms with E-state index in [0.29, 0.717) is 12.5 Å². The number of hydrogen-bond donors (Lipinski definition) is 2. The van der Waals surface area contributed by atoms with Crippen LogP contribution in [0.5, 0.6) is 5.75 Å². The number of rotatable bonds is 5. The molecule has 1 rings (SSSR count). The molecule has 4 heteroatoms. The first-order valence-corrected chi connectivity index (χ1v) is 5.74. The van der Waals surface area contributed by atoms with Gasteiger partial charge in [0.1, 0.15) is 0 Å². The second kappa shape index (κ2) is 5.36. The number of ether oxygens (including phenoxy) is 1. The third-order valence-electron chi connectivity index (χ3n) is 3.28. The summed E-state index contributed by atoms with van der Waals surface area (Å²) in [6, 6.07) is 4.72. The molecule has 0 saturated heterocycles. The van der Waals surface area contributed by atoms with Gasteiger partial charge in [-0.2, -0.15) is 0 Å². The van der Waals surface area contributed by atoms with Crippen molar-refractivity contribution in [2.24, 2.45) is 11.7 Å². The van der Waals surface area contributed by atoms with Gasteiger partial charge >= 0.3 is 0 Å². The molecule has 0 aliphatic rings. The van der Waals surface area contributed by atoms with Crippen molar-refractivity contribution in [1.29, 1.82) is 0 Å². The zero-order valence-corrected chi connectivity index (χ0v) is 10.9. The largest absolute Gasteiger partial charge is 0.494 e. The highest BCUT2D eigenvalue weighted by Crippen LogP contribution is 2.26. The van der Waals surface area contributed by atoms with Crippen LogP contribution >= 0.6 is 0 Å². The van der Waals surface area contributed by atoms with Crippen LogP contribution in [0.25, 0.3) is 0 Å². The topological polar surface area (TPSA) is 47.3 Å². The first kappa shape index (κ1) is 13.8. The van der Waals surface area contributed by atoms with Gasteiger partial charge < -0.3 is 15.8 Å². The Bertz CT molecular complexity index is 382. The third-order valence-corrected chi connectivity index (χ3v) is 3.28. The summed E-state index contributed by atoms with van der Waals surface area (Å²) < 4.78 is 18.2. The van der Waals surface area contributed by atoms with E-state index in [0.717, 1.165) is 5.69 Å². The summed E-state index contributed by atoms with van der Waals surface area (Å²) in [5, 5.41) is 3.33. The van der Waals surface area contributed by atoms with E-state index in [1.165, 1.54) is 13.2 Å². The minimum absolute atomic E-state index is 0.219. The number of nitrogens with two attached hydrogens (primary N) is 1. The predicted molar refractivity (Wildman–Crippen MR) is 68.9 cm³/mol. The Kier molecular flexibility index (Phi) is 4.34. The molecule has 0 heterocycles. The second-order valence-electron chi connectivity index (χ2n) is 4.75. The molecule has 0 saturated carbocycles. The maximum Gasteiger partial charge on any atom is 0.165 e. The summed E-state index contributed by atoms with van der Waals surface area (Å²) in [6.07, 6.45) is 0. The summed E-state index contributed by atoms with van der Waals surface area (Å²) in [7, 11) is 1.45. The van der Waals surface area contributed by atoms with E-state index >= 15 is 0 Å². The number of nitrogens with one attached hydrogen (secondary N) is 1. The molecule has 0 aliphatic carbocycles. The Morgan fingerprint density at radius 2 is 2.12 bits per heavy atom. The summed E-state index contributed by atoms with van der Waals surface area (Å²) in [4.78, 5) is 0. The van der Waals surface area contributed by atoms with Crippen LogP contribution in [0.1, 0.15) is 20.8 Å². The van der Waals surface area contributed by atoms with Crippen LogP contribution < -0.4 is 15.8 Å². The quantitative estimate of drug-likeness (QED) is 0.831. The van der Waals surface area contributed by atoms with Gasteiger partial charge in [-0.25, -0.2) is 4.39 Å². The molecule has 17 heavy (non-hydrogen) atoms. The van der Waals surface area contributed by atoms with E-state index in [4.69, 9.17) is 10.5 Å². The van der Waals surface area contributed by atoms with Crippen molar-refractivity contribution in [3.63, 3.8) is 0 Å². The molecule has 0 amide bonds. The van der Waals surface area contributed by atoms with E-state index in [1.54, 1.807) is 12.1 Å². The average molecular weight is 240 g/mol. The van der Waals surface area contributed by atoms with E-state index in [-0.39, 0.29) is 17.1 Å². The molecule has 1 unspecified atom stereocenters. The van der Waals surface area contributed by atoms with Gasteiger partial charge in [-0.05, 0) is 25.0 Å². The van der Waals surface area contributed by atoms with Crippen LogP contribution in [0, 0.1) is 11.7 Å². The molecule has 0 radical (unpaired) electrons. The van der Waals surface area contributed by atoms with E-state index in [1.807, 2.05) is 6.92 Å². The van der Waals surface area contributed by atoms with Crippen LogP contribution in [0.4, 0.5) is 10.1 Å². The normalized spacial score (nSPS) is 14.5. The molecule has 1 aromatic carbocycles. The molecule has 0 spiro atoms. The number of anilines is 1. The van der Waals surface area contributed by atoms with E-state index in [9.17, 15) is 4.39 Å². The fourth-order valence-electron chi connectivity index (χ4n) is 1.50. The van der Waals surface area contributed by atoms with Gasteiger partial charge in [0.25, 0.3) is 0 Å². The molecule has 1 aromatic rings. The fraction of sp³-hybridized carbons (Fsp3) is 0.538. The van der Waals surface area contributed by atoms with Crippen molar-refractivity contribution in [2.45, 2.75) is 26.3 Å². The lowest BCUT2D eigenvalue weighted by Crippen LogP contribution is -2.47. The molecule has 0 fully saturated rings. The Hall–Kier alpha value is -1.29. The SMILES string of the molecule is COc1cc(NC(C)(CN)C(C)C)ccc1F. The lowest BCUT2D eigenvalue weighted by atomic mass is 9.88. The maximum atomic E-state index is 13.3. The monoisotopic (exact) mass is 240 g/mol. The Morgan fingerprint density at radius 1 is 1.47 bits per heavy atom. The lowest BCUT2D eigenvalue weighted by Gasteiger charge is -2.34. The van der Waals surface area contributed by atoms with Gasteiger partial charge in [0.05, 0.1) is 7.11 Å². The number of hydrogen-bond acceptors (Lipinski definition) is 3. The lowest BCUT2D eigenvalue weighted by molar-refractivity contribution is 0.378. The zero-order chi connectivity index (χ0) is 13.1. The van der Waals surface area contributed by atoms with Crippen molar-refractivity contribution in [3.8, 4) is 5.75 Å². The molecular weight excluding hydrogens is 219 g/mol. The molecular formula is C13H21FN2O. The van der Waals surface area contributed by atoms with Crippen LogP contribution in [0.15, 0.2) is 18.2 Å². The van der Waals surface area contributed by atoms with E-state index in [2.05, 4.69) is 19.2 Å². The van der Waals surface area contributed by atoms with Crippen LogP contribution in [0.2, 0.25) is 0 Å². The van der Waals surface area contributed by atoms with Crippen molar-refractivity contribution in [3.05, 3.63) is 24.0 Å². The molecule has 0 aromatic heterocycles. The third kappa shape index (κ3) is 3.09. The molecule has 3 nitrogen and oxygen atoms in total. The van der Waals surface area contributed by atoms with E-state index < -0.39 is 0 Å². The highest BCUT2D eigenvalue weighted by atomic mass is 19.1. The summed E-state index contributed by atoms with van der Waals surface area (Å²) in [5.41, 5.74) is 6.38. The Balaban J connectivity index is 2.94. The summed E-state index contributed by atoms with van der Waals surface area (Å²) in [5.74, 6) is 0.235. The Morgan fingerprint density at radius 3 is 2.59 bits per heavy atom. The van der Waals surface area contributed by atoms with Crippen LogP contribution in [-0.4, -0.2) is 19.2 Å². The highest BCUT2D eigenvalue weighted by molar-refractivity contribution is 5.50. The van der Waals surface area contributed by atoms with Gasteiger partial charge in [0.2, 0.25) is 0 Å². The predicted octanol–water partition coefficient (Wildman–Crippen LogP) is 2.62. The average Bonchev–Trinajstić information content (AvgIpc) is 2.31. The minimum Gasteiger partial charge on any atom is -0.494 e. The maximum absolute atomic E-state index is 13.3. The van der Waals surface area contributed by atoms with Crippen LogP contribution in [0.3, 0.4) is 0 Å². The van der Waals surface area contributed by atoms with Crippen molar-refractivity contribution < 1.29 is 9.13 Å². The minimum atomic E-state index is -0.364. The molecule has 0 aliphatic heterocycles. The Labute approximate surface area is 102 Å². The second-order valence-corrected chi connectivity index (χ2v) is 4.75. The van der Waals surface area contributed by atoms with Gasteiger partial charge in [0.15, 0.2) is 11.6 Å². The van der Waals surface area contributed by atoms with Gasteiger partial charge in [0, 0.05) is 23.8 Å². The number of methoxy groups -OCH3 is 1. The first-order valence-electron chi connectivity index (χ1n) is 5.74. The van der Waals surface area contributed by atoms with Gasteiger partial charge in [-0.1, -0.05) is 13.8 Å². The molecule has 0 bridgehead atoms. The van der Waals surface area contributed by atoms with Crippen molar-refractivity contribution in [2.75, 3.05) is 19.0 Å². The smallest absolute Gasteiger partial charge is 0.165 e. The van der Waals surface area contributed by atoms with Gasteiger partial charge in [-0.15, -0.1) is 0 Å². The zero-order valence-electron chi connectivity index (χ0n) is 10.9. The number of benzene rings is 1. The van der Waals surface area contributed by atoms with Gasteiger partial charge in [-0.3, -0.25) is 0 Å². The highest BCUT2D eigenvalue weighted by Gasteiger charge is 2.26. The van der Waals surface area contributed by atoms with Crippen LogP contribution in [-0.2, 0) is 0 Å². The van der Waals surface area contributed by atoms with Crippen molar-refractivity contribution in [1.82, 2.24) is 0 Å². The summed E-state index contributed by atoms with van der Waals surface area (Å²) >= 11 is 0. The molecule has 96 valence electrons. The fourth-order valence-corrected chi connectivity index (χ4v) is 1.50. The first-order chi connectivity index (χ1) is 7.92. The standard InChI is InChI=1S/C13H21FN2O/c1-9(2)13(3,8-15)16-10-5-6-11(14)12(7-10)17-4/h5-7,9,16H,8,15H2,1-4H3.